The smallest absolute Gasteiger partial charge is 0.265 e. The van der Waals surface area contributed by atoms with Gasteiger partial charge in [0.1, 0.15) is 11.6 Å². The van der Waals surface area contributed by atoms with Crippen LogP contribution in [0.4, 0.5) is 0 Å². The lowest BCUT2D eigenvalue weighted by atomic mass is 10.1. The lowest BCUT2D eigenvalue weighted by molar-refractivity contribution is 1.16. The van der Waals surface area contributed by atoms with Crippen LogP contribution in [0.1, 0.15) is 16.8 Å². The highest BCUT2D eigenvalue weighted by atomic mass is 16.1. The molecule has 0 unspecified atom stereocenters. The predicted octanol–water partition coefficient (Wildman–Crippen LogP) is 1.93. The number of aryl methyl sites for hydroxylation is 2. The van der Waals surface area contributed by atoms with Crippen molar-refractivity contribution < 1.29 is 0 Å². The summed E-state index contributed by atoms with van der Waals surface area (Å²) in [6, 6.07) is 7.31. The Morgan fingerprint density at radius 3 is 2.71 bits per heavy atom. The molecule has 17 heavy (non-hydrogen) atoms. The predicted molar refractivity (Wildman–Crippen MR) is 64.5 cm³/mol. The lowest BCUT2D eigenvalue weighted by Crippen LogP contribution is -2.09. The third kappa shape index (κ3) is 2.23. The lowest BCUT2D eigenvalue weighted by Gasteiger charge is -2.04. The van der Waals surface area contributed by atoms with Gasteiger partial charge in [-0.05, 0) is 37.6 Å². The second-order valence-corrected chi connectivity index (χ2v) is 3.91. The van der Waals surface area contributed by atoms with Crippen molar-refractivity contribution in [3.05, 3.63) is 51.6 Å². The standard InChI is InChI=1S/C13H11N3O/c1-8-3-9(2)16-12(4-8)11-5-10(6-14)13(17)15-7-11/h3-5,7H,1-2H3,(H,15,17). The van der Waals surface area contributed by atoms with Crippen LogP contribution in [-0.2, 0) is 0 Å². The zero-order valence-corrected chi connectivity index (χ0v) is 9.61. The molecule has 2 heterocycles. The number of rotatable bonds is 1. The summed E-state index contributed by atoms with van der Waals surface area (Å²) in [7, 11) is 0. The number of hydrogen-bond donors (Lipinski definition) is 1. The van der Waals surface area contributed by atoms with Crippen molar-refractivity contribution in [1.82, 2.24) is 9.97 Å². The molecule has 4 nitrogen and oxygen atoms in total. The van der Waals surface area contributed by atoms with Gasteiger partial charge in [-0.3, -0.25) is 9.78 Å². The molecule has 2 aromatic heterocycles. The van der Waals surface area contributed by atoms with Gasteiger partial charge in [0.2, 0.25) is 0 Å². The minimum Gasteiger partial charge on any atom is -0.327 e. The molecule has 0 aliphatic heterocycles. The quantitative estimate of drug-likeness (QED) is 0.806. The zero-order valence-electron chi connectivity index (χ0n) is 9.61. The highest BCUT2D eigenvalue weighted by molar-refractivity contribution is 5.60. The van der Waals surface area contributed by atoms with Gasteiger partial charge < -0.3 is 4.98 Å². The van der Waals surface area contributed by atoms with Gasteiger partial charge in [-0.2, -0.15) is 5.26 Å². The number of nitrogens with one attached hydrogen (secondary N) is 1. The van der Waals surface area contributed by atoms with E-state index in [0.29, 0.717) is 0 Å². The first-order chi connectivity index (χ1) is 8.10. The Kier molecular flexibility index (Phi) is 2.75. The fourth-order valence-corrected chi connectivity index (χ4v) is 1.70. The summed E-state index contributed by atoms with van der Waals surface area (Å²) >= 11 is 0. The van der Waals surface area contributed by atoms with E-state index in [1.165, 1.54) is 0 Å². The molecule has 0 bridgehead atoms. The van der Waals surface area contributed by atoms with Gasteiger partial charge in [0.05, 0.1) is 5.69 Å². The first-order valence-electron chi connectivity index (χ1n) is 5.18. The van der Waals surface area contributed by atoms with Crippen LogP contribution < -0.4 is 5.56 Å². The van der Waals surface area contributed by atoms with Crippen molar-refractivity contribution in [2.75, 3.05) is 0 Å². The Labute approximate surface area is 98.6 Å². The normalized spacial score (nSPS) is 9.94. The number of aromatic amines is 1. The fourth-order valence-electron chi connectivity index (χ4n) is 1.70. The molecule has 0 saturated heterocycles. The van der Waals surface area contributed by atoms with E-state index in [9.17, 15) is 4.79 Å². The minimum absolute atomic E-state index is 0.100. The van der Waals surface area contributed by atoms with Crippen molar-refractivity contribution in [3.8, 4) is 17.3 Å². The zero-order chi connectivity index (χ0) is 12.4. The molecule has 0 saturated carbocycles. The van der Waals surface area contributed by atoms with Crippen LogP contribution in [0.25, 0.3) is 11.3 Å². The van der Waals surface area contributed by atoms with Crippen LogP contribution in [0.5, 0.6) is 0 Å². The number of nitrogens with zero attached hydrogens (tertiary/aromatic N) is 2. The van der Waals surface area contributed by atoms with Crippen molar-refractivity contribution >= 4 is 0 Å². The maximum Gasteiger partial charge on any atom is 0.265 e. The molecule has 2 rings (SSSR count). The van der Waals surface area contributed by atoms with Crippen LogP contribution >= 0.6 is 0 Å². The van der Waals surface area contributed by atoms with Crippen molar-refractivity contribution in [3.63, 3.8) is 0 Å². The first kappa shape index (κ1) is 11.1. The second kappa shape index (κ2) is 4.22. The van der Waals surface area contributed by atoms with Gasteiger partial charge in [-0.1, -0.05) is 0 Å². The number of pyridine rings is 2. The molecule has 0 spiro atoms. The van der Waals surface area contributed by atoms with Gasteiger partial charge in [0, 0.05) is 17.5 Å². The monoisotopic (exact) mass is 225 g/mol. The van der Waals surface area contributed by atoms with Gasteiger partial charge in [-0.15, -0.1) is 0 Å². The maximum absolute atomic E-state index is 11.3. The topological polar surface area (TPSA) is 69.5 Å². The highest BCUT2D eigenvalue weighted by Crippen LogP contribution is 2.17. The molecule has 0 atom stereocenters. The molecule has 0 aliphatic rings. The SMILES string of the molecule is Cc1cc(C)nc(-c2c[nH]c(=O)c(C#N)c2)c1. The van der Waals surface area contributed by atoms with E-state index >= 15 is 0 Å². The van der Waals surface area contributed by atoms with Gasteiger partial charge in [0.15, 0.2) is 0 Å². The number of hydrogen-bond acceptors (Lipinski definition) is 3. The summed E-state index contributed by atoms with van der Waals surface area (Å²) in [5, 5.41) is 8.81. The van der Waals surface area contributed by atoms with Gasteiger partial charge in [-0.25, -0.2) is 0 Å². The van der Waals surface area contributed by atoms with Crippen LogP contribution in [0.15, 0.2) is 29.2 Å². The van der Waals surface area contributed by atoms with Crippen LogP contribution in [0.3, 0.4) is 0 Å². The van der Waals surface area contributed by atoms with Crippen LogP contribution in [0, 0.1) is 25.2 Å². The Hall–Kier alpha value is -2.41. The average molecular weight is 225 g/mol. The van der Waals surface area contributed by atoms with E-state index in [1.54, 1.807) is 12.3 Å². The summed E-state index contributed by atoms with van der Waals surface area (Å²) in [5.41, 5.74) is 3.23. The van der Waals surface area contributed by atoms with E-state index < -0.39 is 0 Å². The third-order valence-corrected chi connectivity index (χ3v) is 2.42. The Morgan fingerprint density at radius 1 is 1.29 bits per heavy atom. The van der Waals surface area contributed by atoms with Gasteiger partial charge >= 0.3 is 0 Å². The number of H-pyrrole nitrogens is 1. The Bertz CT molecular complexity index is 645. The van der Waals surface area contributed by atoms with E-state index in [0.717, 1.165) is 22.5 Å². The molecular weight excluding hydrogens is 214 g/mol. The molecule has 1 N–H and O–H groups in total. The minimum atomic E-state index is -0.374. The van der Waals surface area contributed by atoms with E-state index in [2.05, 4.69) is 9.97 Å². The highest BCUT2D eigenvalue weighted by Gasteiger charge is 2.05. The Balaban J connectivity index is 2.61. The van der Waals surface area contributed by atoms with Crippen molar-refractivity contribution in [2.24, 2.45) is 0 Å². The number of aromatic nitrogens is 2. The average Bonchev–Trinajstić information content (AvgIpc) is 2.28. The first-order valence-corrected chi connectivity index (χ1v) is 5.18. The summed E-state index contributed by atoms with van der Waals surface area (Å²) in [4.78, 5) is 18.2. The molecular formula is C13H11N3O. The summed E-state index contributed by atoms with van der Waals surface area (Å²) < 4.78 is 0. The van der Waals surface area contributed by atoms with E-state index in [1.807, 2.05) is 32.0 Å². The van der Waals surface area contributed by atoms with Crippen LogP contribution in [-0.4, -0.2) is 9.97 Å². The summed E-state index contributed by atoms with van der Waals surface area (Å²) in [6.07, 6.45) is 1.57. The largest absolute Gasteiger partial charge is 0.327 e. The summed E-state index contributed by atoms with van der Waals surface area (Å²) in [6.45, 7) is 3.89. The van der Waals surface area contributed by atoms with Crippen molar-refractivity contribution in [1.29, 1.82) is 5.26 Å². The molecule has 2 aromatic rings. The third-order valence-electron chi connectivity index (χ3n) is 2.42. The molecule has 84 valence electrons. The number of nitriles is 1. The maximum atomic E-state index is 11.3. The molecule has 0 radical (unpaired) electrons. The van der Waals surface area contributed by atoms with Crippen LogP contribution in [0.2, 0.25) is 0 Å². The molecule has 0 aromatic carbocycles. The Morgan fingerprint density at radius 2 is 2.06 bits per heavy atom. The molecule has 0 amide bonds. The second-order valence-electron chi connectivity index (χ2n) is 3.91. The van der Waals surface area contributed by atoms with E-state index in [-0.39, 0.29) is 11.1 Å². The fraction of sp³-hybridized carbons (Fsp3) is 0.154. The molecule has 0 aliphatic carbocycles. The van der Waals surface area contributed by atoms with Crippen molar-refractivity contribution in [2.45, 2.75) is 13.8 Å². The molecule has 4 heteroatoms. The summed E-state index contributed by atoms with van der Waals surface area (Å²) in [5.74, 6) is 0. The van der Waals surface area contributed by atoms with E-state index in [4.69, 9.17) is 5.26 Å². The van der Waals surface area contributed by atoms with Gasteiger partial charge in [0.25, 0.3) is 5.56 Å². The molecule has 0 fully saturated rings.